The lowest BCUT2D eigenvalue weighted by molar-refractivity contribution is 0.277. The Kier molecular flexibility index (Phi) is 4.44. The molecule has 1 aliphatic rings. The molecule has 0 saturated carbocycles. The van der Waals surface area contributed by atoms with Crippen molar-refractivity contribution in [1.82, 2.24) is 20.3 Å². The minimum Gasteiger partial charge on any atom is -0.489 e. The van der Waals surface area contributed by atoms with Crippen LogP contribution in [0.4, 0.5) is 4.39 Å². The maximum absolute atomic E-state index is 13.3. The molecule has 2 N–H and O–H groups in total. The normalized spacial score (nSPS) is 15.9. The monoisotopic (exact) mass is 386 g/mol. The maximum atomic E-state index is 13.3. The van der Waals surface area contributed by atoms with Crippen molar-refractivity contribution < 1.29 is 9.13 Å². The van der Waals surface area contributed by atoms with E-state index >= 15 is 0 Å². The zero-order valence-electron chi connectivity index (χ0n) is 15.6. The number of nitrogens with zero attached hydrogens (tertiary/aromatic N) is 2. The Balaban J connectivity index is 1.58. The van der Waals surface area contributed by atoms with Gasteiger partial charge in [0.15, 0.2) is 0 Å². The van der Waals surface area contributed by atoms with Crippen molar-refractivity contribution in [2.24, 2.45) is 0 Å². The lowest BCUT2D eigenvalue weighted by Crippen LogP contribution is -2.27. The first-order valence-electron chi connectivity index (χ1n) is 9.49. The summed E-state index contributed by atoms with van der Waals surface area (Å²) in [7, 11) is 0. The van der Waals surface area contributed by atoms with Crippen molar-refractivity contribution in [2.45, 2.75) is 12.5 Å². The molecule has 6 heteroatoms. The molecule has 1 aliphatic heterocycles. The molecule has 0 aliphatic carbocycles. The largest absolute Gasteiger partial charge is 0.489 e. The number of benzene rings is 1. The first-order chi connectivity index (χ1) is 14.3. The van der Waals surface area contributed by atoms with E-state index in [4.69, 9.17) is 4.74 Å². The Labute approximate surface area is 167 Å². The predicted molar refractivity (Wildman–Crippen MR) is 111 cm³/mol. The van der Waals surface area contributed by atoms with E-state index in [1.807, 2.05) is 36.4 Å². The van der Waals surface area contributed by atoms with E-state index < -0.39 is 0 Å². The van der Waals surface area contributed by atoms with Crippen LogP contribution in [0.15, 0.2) is 79.1 Å². The van der Waals surface area contributed by atoms with Crippen LogP contribution in [0.2, 0.25) is 0 Å². The molecule has 29 heavy (non-hydrogen) atoms. The third-order valence-electron chi connectivity index (χ3n) is 5.03. The van der Waals surface area contributed by atoms with Gasteiger partial charge >= 0.3 is 0 Å². The number of aromatic amines is 1. The number of halogens is 1. The van der Waals surface area contributed by atoms with E-state index in [0.717, 1.165) is 33.4 Å². The highest BCUT2D eigenvalue weighted by molar-refractivity contribution is 6.02. The molecule has 3 aromatic heterocycles. The van der Waals surface area contributed by atoms with Gasteiger partial charge in [-0.15, -0.1) is 0 Å². The maximum Gasteiger partial charge on any atom is 0.147 e. The number of hydrogen-bond acceptors (Lipinski definition) is 4. The summed E-state index contributed by atoms with van der Waals surface area (Å²) < 4.78 is 19.4. The van der Waals surface area contributed by atoms with Gasteiger partial charge in [-0.1, -0.05) is 30.3 Å². The molecule has 0 saturated heterocycles. The van der Waals surface area contributed by atoms with Crippen molar-refractivity contribution in [3.05, 3.63) is 79.1 Å². The summed E-state index contributed by atoms with van der Waals surface area (Å²) in [5, 5.41) is 2.99. The second-order valence-corrected chi connectivity index (χ2v) is 6.98. The zero-order chi connectivity index (χ0) is 19.6. The van der Waals surface area contributed by atoms with Crippen LogP contribution in [-0.2, 0) is 0 Å². The smallest absolute Gasteiger partial charge is 0.147 e. The van der Waals surface area contributed by atoms with E-state index in [1.54, 1.807) is 18.6 Å². The summed E-state index contributed by atoms with van der Waals surface area (Å²) in [5.74, 6) is 0.489. The molecule has 0 unspecified atom stereocenters. The average Bonchev–Trinajstić information content (AvgIpc) is 3.36. The van der Waals surface area contributed by atoms with Gasteiger partial charge in [0.25, 0.3) is 0 Å². The number of aromatic nitrogens is 3. The van der Waals surface area contributed by atoms with Gasteiger partial charge in [-0.2, -0.15) is 0 Å². The minimum atomic E-state index is -0.155. The van der Waals surface area contributed by atoms with Crippen molar-refractivity contribution in [1.29, 1.82) is 0 Å². The summed E-state index contributed by atoms with van der Waals surface area (Å²) in [4.78, 5) is 12.3. The second-order valence-electron chi connectivity index (χ2n) is 6.98. The summed E-state index contributed by atoms with van der Waals surface area (Å²) in [6.07, 6.45) is 6.96. The Morgan fingerprint density at radius 3 is 2.79 bits per heavy atom. The Morgan fingerprint density at radius 2 is 1.97 bits per heavy atom. The third-order valence-corrected chi connectivity index (χ3v) is 5.03. The average molecular weight is 386 g/mol. The first kappa shape index (κ1) is 17.4. The van der Waals surface area contributed by atoms with Crippen molar-refractivity contribution in [3.8, 4) is 28.1 Å². The van der Waals surface area contributed by atoms with Crippen molar-refractivity contribution >= 4 is 11.0 Å². The van der Waals surface area contributed by atoms with Crippen LogP contribution in [0.3, 0.4) is 0 Å². The van der Waals surface area contributed by atoms with E-state index in [0.29, 0.717) is 18.8 Å². The fraction of sp³-hybridized carbons (Fsp3) is 0.130. The van der Waals surface area contributed by atoms with Crippen LogP contribution in [0.1, 0.15) is 6.42 Å². The fourth-order valence-corrected chi connectivity index (χ4v) is 3.67. The van der Waals surface area contributed by atoms with Crippen LogP contribution in [0, 0.1) is 0 Å². The van der Waals surface area contributed by atoms with E-state index in [2.05, 4.69) is 32.4 Å². The van der Waals surface area contributed by atoms with Crippen LogP contribution in [0.5, 0.6) is 5.75 Å². The standard InChI is InChI=1S/C23H19FN4O/c24-16-11-17(27-12-16)14-29-20-13-25-10-8-18(20)22-21(15-5-2-1-3-6-15)23-19(28-22)7-4-9-26-23/h1-10,12-13,17,27-28H,11,14H2/t17-/m0/s1. The van der Waals surface area contributed by atoms with E-state index in [1.165, 1.54) is 6.20 Å². The topological polar surface area (TPSA) is 62.8 Å². The molecule has 144 valence electrons. The zero-order valence-corrected chi connectivity index (χ0v) is 15.6. The van der Waals surface area contributed by atoms with Gasteiger partial charge in [0.05, 0.1) is 29.0 Å². The lowest BCUT2D eigenvalue weighted by Gasteiger charge is -2.15. The molecule has 1 atom stereocenters. The molecule has 0 radical (unpaired) electrons. The molecular formula is C23H19FN4O. The van der Waals surface area contributed by atoms with Gasteiger partial charge in [-0.25, -0.2) is 4.39 Å². The van der Waals surface area contributed by atoms with Crippen molar-refractivity contribution in [3.63, 3.8) is 0 Å². The summed E-state index contributed by atoms with van der Waals surface area (Å²) in [6, 6.07) is 15.9. The molecule has 0 amide bonds. The number of rotatable bonds is 5. The summed E-state index contributed by atoms with van der Waals surface area (Å²) in [5.41, 5.74) is 5.75. The summed E-state index contributed by atoms with van der Waals surface area (Å²) in [6.45, 7) is 0.349. The van der Waals surface area contributed by atoms with Crippen molar-refractivity contribution in [2.75, 3.05) is 6.61 Å². The molecule has 0 spiro atoms. The first-order valence-corrected chi connectivity index (χ1v) is 9.49. The van der Waals surface area contributed by atoms with Gasteiger partial charge < -0.3 is 15.0 Å². The highest BCUT2D eigenvalue weighted by atomic mass is 19.1. The summed E-state index contributed by atoms with van der Waals surface area (Å²) >= 11 is 0. The van der Waals surface area contributed by atoms with Crippen LogP contribution in [-0.4, -0.2) is 27.6 Å². The molecule has 0 bridgehead atoms. The van der Waals surface area contributed by atoms with Gasteiger partial charge in [0.1, 0.15) is 18.2 Å². The number of pyridine rings is 2. The number of hydrogen-bond donors (Lipinski definition) is 2. The minimum absolute atomic E-state index is 0.0824. The number of nitrogens with one attached hydrogen (secondary N) is 2. The molecule has 5 nitrogen and oxygen atoms in total. The van der Waals surface area contributed by atoms with Gasteiger partial charge in [-0.05, 0) is 23.8 Å². The second kappa shape index (κ2) is 7.39. The van der Waals surface area contributed by atoms with Gasteiger partial charge in [0.2, 0.25) is 0 Å². The quantitative estimate of drug-likeness (QED) is 0.515. The number of fused-ring (bicyclic) bond motifs is 1. The SMILES string of the molecule is FC1=CN[C@H](COc2cnccc2-c2[nH]c3cccnc3c2-c2ccccc2)C1. The lowest BCUT2D eigenvalue weighted by atomic mass is 10.0. The van der Waals surface area contributed by atoms with Crippen LogP contribution in [0.25, 0.3) is 33.4 Å². The Hall–Kier alpha value is -3.67. The predicted octanol–water partition coefficient (Wildman–Crippen LogP) is 4.84. The van der Waals surface area contributed by atoms with Crippen LogP contribution >= 0.6 is 0 Å². The Morgan fingerprint density at radius 1 is 1.07 bits per heavy atom. The molecular weight excluding hydrogens is 367 g/mol. The fourth-order valence-electron chi connectivity index (χ4n) is 3.67. The highest BCUT2D eigenvalue weighted by Gasteiger charge is 2.21. The molecule has 4 aromatic rings. The van der Waals surface area contributed by atoms with Crippen LogP contribution < -0.4 is 10.1 Å². The van der Waals surface area contributed by atoms with Gasteiger partial charge in [0, 0.05) is 36.1 Å². The molecule has 4 heterocycles. The third kappa shape index (κ3) is 3.33. The highest BCUT2D eigenvalue weighted by Crippen LogP contribution is 2.40. The molecule has 0 fully saturated rings. The van der Waals surface area contributed by atoms with E-state index in [9.17, 15) is 4.39 Å². The Bertz CT molecular complexity index is 1190. The number of H-pyrrole nitrogens is 1. The molecule has 1 aromatic carbocycles. The van der Waals surface area contributed by atoms with E-state index in [-0.39, 0.29) is 11.9 Å². The number of ether oxygens (including phenoxy) is 1. The van der Waals surface area contributed by atoms with Gasteiger partial charge in [-0.3, -0.25) is 9.97 Å². The molecule has 5 rings (SSSR count).